The van der Waals surface area contributed by atoms with Gasteiger partial charge in [0.2, 0.25) is 11.8 Å². The van der Waals surface area contributed by atoms with Gasteiger partial charge in [-0.3, -0.25) is 4.79 Å². The van der Waals surface area contributed by atoms with Crippen LogP contribution in [0.5, 0.6) is 11.6 Å². The summed E-state index contributed by atoms with van der Waals surface area (Å²) in [7, 11) is 0. The van der Waals surface area contributed by atoms with Crippen LogP contribution in [0.3, 0.4) is 0 Å². The number of carbonyl (C=O) groups excluding carboxylic acids is 1. The maximum absolute atomic E-state index is 11.3. The van der Waals surface area contributed by atoms with Crippen LogP contribution in [0.25, 0.3) is 0 Å². The molecule has 1 N–H and O–H groups in total. The molecule has 0 aliphatic carbocycles. The molecule has 1 amide bonds. The lowest BCUT2D eigenvalue weighted by Gasteiger charge is -2.17. The van der Waals surface area contributed by atoms with Gasteiger partial charge in [-0.05, 0) is 36.2 Å². The first kappa shape index (κ1) is 11.9. The van der Waals surface area contributed by atoms with E-state index in [0.717, 1.165) is 11.3 Å². The highest BCUT2D eigenvalue weighted by molar-refractivity contribution is 6.29. The first-order chi connectivity index (χ1) is 9.20. The predicted octanol–water partition coefficient (Wildman–Crippen LogP) is 2.81. The van der Waals surface area contributed by atoms with Crippen LogP contribution in [0.4, 0.5) is 5.69 Å². The summed E-state index contributed by atoms with van der Waals surface area (Å²) in [5, 5.41) is 10.7. The van der Waals surface area contributed by atoms with Crippen molar-refractivity contribution in [2.24, 2.45) is 0 Å². The van der Waals surface area contributed by atoms with E-state index in [4.69, 9.17) is 16.3 Å². The Morgan fingerprint density at radius 2 is 2.05 bits per heavy atom. The van der Waals surface area contributed by atoms with Crippen LogP contribution in [-0.2, 0) is 11.2 Å². The number of hydrogen-bond acceptors (Lipinski definition) is 4. The Labute approximate surface area is 114 Å². The van der Waals surface area contributed by atoms with Gasteiger partial charge in [0, 0.05) is 18.2 Å². The molecule has 96 valence electrons. The first-order valence-electron chi connectivity index (χ1n) is 5.80. The number of nitrogens with zero attached hydrogens (tertiary/aromatic N) is 2. The molecule has 1 aromatic carbocycles. The van der Waals surface area contributed by atoms with E-state index in [0.29, 0.717) is 29.6 Å². The Hall–Kier alpha value is -2.14. The monoisotopic (exact) mass is 275 g/mol. The highest BCUT2D eigenvalue weighted by Crippen LogP contribution is 2.28. The van der Waals surface area contributed by atoms with E-state index >= 15 is 0 Å². The number of hydrogen-bond donors (Lipinski definition) is 1. The molecule has 0 spiro atoms. The van der Waals surface area contributed by atoms with Crippen LogP contribution in [0.2, 0.25) is 5.15 Å². The number of fused-ring (bicyclic) bond motifs is 1. The molecule has 3 rings (SSSR count). The molecule has 0 atom stereocenters. The van der Waals surface area contributed by atoms with Gasteiger partial charge >= 0.3 is 0 Å². The van der Waals surface area contributed by atoms with E-state index < -0.39 is 0 Å². The molecule has 0 fully saturated rings. The molecule has 0 unspecified atom stereocenters. The lowest BCUT2D eigenvalue weighted by Crippen LogP contribution is -2.18. The minimum atomic E-state index is 0.0461. The van der Waals surface area contributed by atoms with E-state index in [1.807, 2.05) is 12.1 Å². The number of benzene rings is 1. The number of rotatable bonds is 2. The van der Waals surface area contributed by atoms with Gasteiger partial charge in [0.1, 0.15) is 5.75 Å². The van der Waals surface area contributed by atoms with Crippen molar-refractivity contribution in [3.63, 3.8) is 0 Å². The van der Waals surface area contributed by atoms with Crippen LogP contribution in [0.15, 0.2) is 30.3 Å². The Kier molecular flexibility index (Phi) is 3.05. The van der Waals surface area contributed by atoms with Gasteiger partial charge in [0.15, 0.2) is 5.15 Å². The van der Waals surface area contributed by atoms with Gasteiger partial charge in [0.25, 0.3) is 0 Å². The Morgan fingerprint density at radius 3 is 2.84 bits per heavy atom. The average molecular weight is 276 g/mol. The second kappa shape index (κ2) is 4.85. The molecule has 5 nitrogen and oxygen atoms in total. The fraction of sp³-hybridized carbons (Fsp3) is 0.154. The molecular formula is C13H10ClN3O2. The zero-order valence-electron chi connectivity index (χ0n) is 9.89. The highest BCUT2D eigenvalue weighted by atomic mass is 35.5. The zero-order chi connectivity index (χ0) is 13.2. The number of nitrogens with one attached hydrogen (secondary N) is 1. The topological polar surface area (TPSA) is 64.1 Å². The third-order valence-electron chi connectivity index (χ3n) is 2.80. The summed E-state index contributed by atoms with van der Waals surface area (Å²) >= 11 is 5.65. The molecule has 0 radical (unpaired) electrons. The number of aromatic nitrogens is 2. The van der Waals surface area contributed by atoms with Crippen molar-refractivity contribution < 1.29 is 9.53 Å². The smallest absolute Gasteiger partial charge is 0.238 e. The summed E-state index contributed by atoms with van der Waals surface area (Å²) in [5.74, 6) is 1.08. The molecule has 0 saturated heterocycles. The molecule has 0 bridgehead atoms. The van der Waals surface area contributed by atoms with Gasteiger partial charge in [-0.25, -0.2) is 0 Å². The number of anilines is 1. The minimum absolute atomic E-state index is 0.0461. The van der Waals surface area contributed by atoms with Crippen LogP contribution in [-0.4, -0.2) is 16.1 Å². The number of amides is 1. The molecule has 1 aliphatic heterocycles. The number of aryl methyl sites for hydroxylation is 1. The van der Waals surface area contributed by atoms with Gasteiger partial charge in [-0.1, -0.05) is 11.6 Å². The standard InChI is InChI=1S/C13H10ClN3O2/c14-11-4-6-13(17-16-11)19-9-2-3-10-8(7-9)1-5-12(18)15-10/h2-4,6-7H,1,5H2,(H,15,18). The Morgan fingerprint density at radius 1 is 1.16 bits per heavy atom. The van der Waals surface area contributed by atoms with Gasteiger partial charge in [-0.2, -0.15) is 0 Å². The summed E-state index contributed by atoms with van der Waals surface area (Å²) in [6, 6.07) is 8.76. The molecular weight excluding hydrogens is 266 g/mol. The lowest BCUT2D eigenvalue weighted by atomic mass is 10.0. The van der Waals surface area contributed by atoms with E-state index in [1.165, 1.54) is 0 Å². The first-order valence-corrected chi connectivity index (χ1v) is 6.18. The molecule has 0 saturated carbocycles. The Balaban J connectivity index is 1.82. The summed E-state index contributed by atoms with van der Waals surface area (Å²) in [6.45, 7) is 0. The van der Waals surface area contributed by atoms with Crippen molar-refractivity contribution in [1.82, 2.24) is 10.2 Å². The predicted molar refractivity (Wildman–Crippen MR) is 70.5 cm³/mol. The van der Waals surface area contributed by atoms with Crippen molar-refractivity contribution in [3.05, 3.63) is 41.0 Å². The summed E-state index contributed by atoms with van der Waals surface area (Å²) in [6.07, 6.45) is 1.21. The second-order valence-electron chi connectivity index (χ2n) is 4.16. The van der Waals surface area contributed by atoms with Gasteiger partial charge in [0.05, 0.1) is 0 Å². The lowest BCUT2D eigenvalue weighted by molar-refractivity contribution is -0.116. The third kappa shape index (κ3) is 2.66. The fourth-order valence-electron chi connectivity index (χ4n) is 1.90. The maximum Gasteiger partial charge on any atom is 0.238 e. The Bertz CT molecular complexity index is 628. The summed E-state index contributed by atoms with van der Waals surface area (Å²) < 4.78 is 5.58. The average Bonchev–Trinajstić information content (AvgIpc) is 2.42. The highest BCUT2D eigenvalue weighted by Gasteiger charge is 2.15. The van der Waals surface area contributed by atoms with Crippen molar-refractivity contribution in [2.45, 2.75) is 12.8 Å². The number of ether oxygens (including phenoxy) is 1. The van der Waals surface area contributed by atoms with Crippen molar-refractivity contribution in [2.75, 3.05) is 5.32 Å². The summed E-state index contributed by atoms with van der Waals surface area (Å²) in [4.78, 5) is 11.3. The van der Waals surface area contributed by atoms with E-state index in [2.05, 4.69) is 15.5 Å². The van der Waals surface area contributed by atoms with E-state index in [1.54, 1.807) is 18.2 Å². The molecule has 19 heavy (non-hydrogen) atoms. The molecule has 1 aliphatic rings. The molecule has 6 heteroatoms. The van der Waals surface area contributed by atoms with Gasteiger partial charge < -0.3 is 10.1 Å². The number of halogens is 1. The second-order valence-corrected chi connectivity index (χ2v) is 4.55. The molecule has 2 heterocycles. The normalized spacial score (nSPS) is 13.6. The van der Waals surface area contributed by atoms with Gasteiger partial charge in [-0.15, -0.1) is 10.2 Å². The van der Waals surface area contributed by atoms with E-state index in [-0.39, 0.29) is 5.91 Å². The largest absolute Gasteiger partial charge is 0.438 e. The summed E-state index contributed by atoms with van der Waals surface area (Å²) in [5.41, 5.74) is 1.89. The quantitative estimate of drug-likeness (QED) is 0.915. The van der Waals surface area contributed by atoms with Crippen LogP contribution in [0.1, 0.15) is 12.0 Å². The molecule has 2 aromatic rings. The molecule has 1 aromatic heterocycles. The van der Waals surface area contributed by atoms with Crippen LogP contribution in [0, 0.1) is 0 Å². The van der Waals surface area contributed by atoms with Crippen LogP contribution >= 0.6 is 11.6 Å². The fourth-order valence-corrected chi connectivity index (χ4v) is 2.00. The van der Waals surface area contributed by atoms with E-state index in [9.17, 15) is 4.79 Å². The third-order valence-corrected chi connectivity index (χ3v) is 3.00. The van der Waals surface area contributed by atoms with Crippen molar-refractivity contribution >= 4 is 23.2 Å². The SMILES string of the molecule is O=C1CCc2cc(Oc3ccc(Cl)nn3)ccc2N1. The minimum Gasteiger partial charge on any atom is -0.438 e. The maximum atomic E-state index is 11.3. The van der Waals surface area contributed by atoms with Crippen LogP contribution < -0.4 is 10.1 Å². The van der Waals surface area contributed by atoms with Crippen molar-refractivity contribution in [3.8, 4) is 11.6 Å². The zero-order valence-corrected chi connectivity index (χ0v) is 10.6. The number of carbonyl (C=O) groups is 1. The van der Waals surface area contributed by atoms with Crippen molar-refractivity contribution in [1.29, 1.82) is 0 Å².